The van der Waals surface area contributed by atoms with E-state index in [2.05, 4.69) is 139 Å². The van der Waals surface area contributed by atoms with Gasteiger partial charge in [0.25, 0.3) is 17.8 Å². The number of aryl methyl sites for hydroxylation is 2. The molecule has 1 aliphatic heterocycles. The van der Waals surface area contributed by atoms with E-state index in [9.17, 15) is 31.1 Å². The number of nitrogens with zero attached hydrogens (tertiary/aromatic N) is 1. The van der Waals surface area contributed by atoms with Gasteiger partial charge in [-0.15, -0.1) is 0 Å². The lowest BCUT2D eigenvalue weighted by Gasteiger charge is -2.36. The van der Waals surface area contributed by atoms with Crippen LogP contribution in [0.2, 0.25) is 0 Å². The second-order valence-corrected chi connectivity index (χ2v) is 30.8. The molecule has 0 N–H and O–H groups in total. The molecule has 598 valence electrons. The first kappa shape index (κ1) is 98.2. The third-order valence-corrected chi connectivity index (χ3v) is 23.6. The molecule has 10 nitrogen and oxygen atoms in total. The van der Waals surface area contributed by atoms with Crippen molar-refractivity contribution in [3.63, 3.8) is 0 Å². The van der Waals surface area contributed by atoms with Gasteiger partial charge in [-0.3, -0.25) is 4.79 Å². The van der Waals surface area contributed by atoms with Gasteiger partial charge in [0, 0.05) is 52.0 Å². The highest BCUT2D eigenvalue weighted by molar-refractivity contribution is 5.91. The molecule has 6 aliphatic rings. The number of carbonyl (C=O) groups is 1. The molecule has 0 aromatic heterocycles. The number of methoxy groups -OCH3 is 1. The largest absolute Gasteiger partial charge is 0.381 e. The summed E-state index contributed by atoms with van der Waals surface area (Å²) in [5.74, 6) is -6.28. The summed E-state index contributed by atoms with van der Waals surface area (Å²) in [7, 11) is 1.59. The maximum atomic E-state index is 14.1. The molecular weight excluding hydrogens is 1360 g/mol. The first-order valence-corrected chi connectivity index (χ1v) is 39.1. The van der Waals surface area contributed by atoms with Crippen molar-refractivity contribution in [3.8, 4) is 0 Å². The van der Waals surface area contributed by atoms with Gasteiger partial charge >= 0.3 is 18.5 Å². The fraction of sp³-hybridized carbons (Fsp3) is 0.626. The Labute approximate surface area is 640 Å². The quantitative estimate of drug-likeness (QED) is 0.167. The Bertz CT molecular complexity index is 3510. The van der Waals surface area contributed by atoms with E-state index >= 15 is 0 Å². The summed E-state index contributed by atoms with van der Waals surface area (Å²) in [4.78, 5) is 62.6. The van der Waals surface area contributed by atoms with E-state index in [1.807, 2.05) is 50.8 Å². The predicted molar refractivity (Wildman–Crippen MR) is 421 cm³/mol. The third kappa shape index (κ3) is 32.0. The zero-order valence-electron chi connectivity index (χ0n) is 69.4. The Morgan fingerprint density at radius 3 is 1.64 bits per heavy atom. The van der Waals surface area contributed by atoms with Crippen LogP contribution in [0.15, 0.2) is 122 Å². The molecule has 1 amide bonds. The van der Waals surface area contributed by atoms with E-state index in [0.717, 1.165) is 101 Å². The molecule has 3 aromatic carbocycles. The topological polar surface area (TPSA) is 141 Å². The number of hydrogen-bond acceptors (Lipinski definition) is 9. The van der Waals surface area contributed by atoms with Crippen molar-refractivity contribution in [1.82, 2.24) is 4.90 Å². The average Bonchev–Trinajstić information content (AvgIpc) is 0.793. The maximum Gasteiger partial charge on any atom is 0.373 e. The van der Waals surface area contributed by atoms with Crippen LogP contribution in [0, 0.1) is 37.0 Å². The van der Waals surface area contributed by atoms with Crippen LogP contribution >= 0.6 is 0 Å². The number of ether oxygens (including phenoxy) is 2. The Balaban J connectivity index is 0.000000632. The molecular formula is C91H133F6NO9. The molecule has 16 heteroatoms. The Kier molecular flexibility index (Phi) is 45.3. The lowest BCUT2D eigenvalue weighted by atomic mass is 9.70. The molecule has 1 heterocycles. The van der Waals surface area contributed by atoms with Gasteiger partial charge in [-0.25, -0.2) is 26.3 Å². The molecule has 0 radical (unpaired) electrons. The molecule has 0 fully saturated rings. The SMILES string of the molecule is C/C1=C(\C)c2ccc(C)cc2C(C)Cc2cc(C)ccc21.CC1=C(C)C(C)(Cc2ccccc2)CCCCC1(F)F.CCC(=O)N1CC/C(C)=C(/C)[C@H](C)[C@@H](C)C1.CCC1CCCC/C(C)=C(/C)C1(F)F.CCOC1CCCCCC(C)=C1C.COC1CC/C(C)=C(/C)C(F)(F)CC1.O=C=O.O=C=O.O=C=O. The molecule has 7 atom stereocenters. The van der Waals surface area contributed by atoms with Gasteiger partial charge in [0.05, 0.1) is 12.2 Å². The summed E-state index contributed by atoms with van der Waals surface area (Å²) in [6.07, 6.45) is 19.9. The molecule has 5 unspecified atom stereocenters. The number of allylic oxidation sites excluding steroid dienone is 10. The van der Waals surface area contributed by atoms with Crippen molar-refractivity contribution in [2.45, 2.75) is 323 Å². The summed E-state index contributed by atoms with van der Waals surface area (Å²) < 4.78 is 93.9. The minimum atomic E-state index is -2.64. The number of halogens is 6. The second kappa shape index (κ2) is 49.4. The number of carbonyl (C=O) groups excluding carboxylic acids is 7. The minimum absolute atomic E-state index is 0.00239. The van der Waals surface area contributed by atoms with Crippen LogP contribution in [0.4, 0.5) is 26.3 Å². The van der Waals surface area contributed by atoms with Crippen molar-refractivity contribution < 1.29 is 69.4 Å². The maximum absolute atomic E-state index is 14.1. The lowest BCUT2D eigenvalue weighted by Crippen LogP contribution is -2.38. The number of hydrogen-bond donors (Lipinski definition) is 0. The standard InChI is InChI=1S/C21H24.C18H24F2.C14H25NO.C12H20F2.C12H22O.C11H18F2O.3CO2/c1-13-6-8-19-16(4)17(5)20-9-7-14(2)11-21(20)15(3)12-18(19)10-13;1-14-15(2)18(19,20)12-8-7-11-17(14,3)13-16-9-5-4-6-10-16;1-6-14(16)15-8-7-10(2)12(4)13(5)11(3)9-15;1-4-11-8-6-5-7-9(2)10(3)12(11,13)14;1-4-13-12-9-7-5-6-8-10(2)11(12)3;1-8-4-5-10(14-3)6-7-11(12,13)9(8)2;3*2-1-3/h6-11,15H,12H2,1-5H3;4-6,9-10H,7-8,11-13H2,1-3H3;11,13H,6-9H2,1-5H3;11H,4-8H2,1-3H3;12H,4-9H2,1-3H3;10H,4-7H2,1-3H3;;;/b17-16-;;12-10-;10-9-;;9-8-;;;/t;;11-,13+;;;;;;/m..0....../s1. The smallest absolute Gasteiger partial charge is 0.373 e. The first-order valence-electron chi connectivity index (χ1n) is 39.1. The summed E-state index contributed by atoms with van der Waals surface area (Å²) in [5, 5.41) is 0. The summed E-state index contributed by atoms with van der Waals surface area (Å²) >= 11 is 0. The van der Waals surface area contributed by atoms with Gasteiger partial charge in [-0.2, -0.15) is 28.8 Å². The van der Waals surface area contributed by atoms with Crippen LogP contribution in [0.25, 0.3) is 11.1 Å². The molecule has 0 bridgehead atoms. The first-order chi connectivity index (χ1) is 50.3. The number of alkyl halides is 6. The summed E-state index contributed by atoms with van der Waals surface area (Å²) in [6.45, 7) is 45.7. The van der Waals surface area contributed by atoms with E-state index in [1.165, 1.54) is 98.9 Å². The van der Waals surface area contributed by atoms with Crippen molar-refractivity contribution >= 4 is 35.5 Å². The number of fused-ring (bicyclic) bond motifs is 2. The van der Waals surface area contributed by atoms with Gasteiger partial charge in [0.1, 0.15) is 0 Å². The molecule has 5 aliphatic carbocycles. The van der Waals surface area contributed by atoms with Gasteiger partial charge in [-0.1, -0.05) is 179 Å². The van der Waals surface area contributed by atoms with Crippen molar-refractivity contribution in [2.24, 2.45) is 23.2 Å². The molecule has 0 spiro atoms. The normalized spacial score (nSPS) is 26.2. The zero-order chi connectivity index (χ0) is 81.6. The highest BCUT2D eigenvalue weighted by Gasteiger charge is 2.42. The van der Waals surface area contributed by atoms with E-state index in [4.69, 9.17) is 38.2 Å². The van der Waals surface area contributed by atoms with Gasteiger partial charge in [0.15, 0.2) is 0 Å². The Hall–Kier alpha value is -6.79. The van der Waals surface area contributed by atoms with E-state index in [1.54, 1.807) is 40.4 Å². The van der Waals surface area contributed by atoms with Crippen molar-refractivity contribution in [3.05, 3.63) is 161 Å². The average molecular weight is 1500 g/mol. The Morgan fingerprint density at radius 2 is 1.07 bits per heavy atom. The van der Waals surface area contributed by atoms with Crippen LogP contribution in [0.3, 0.4) is 0 Å². The molecule has 9 rings (SSSR count). The highest BCUT2D eigenvalue weighted by Crippen LogP contribution is 2.46. The van der Waals surface area contributed by atoms with E-state index in [0.29, 0.717) is 67.4 Å². The van der Waals surface area contributed by atoms with Crippen LogP contribution in [-0.2, 0) is 55.9 Å². The fourth-order valence-electron chi connectivity index (χ4n) is 15.1. The van der Waals surface area contributed by atoms with Crippen LogP contribution in [-0.4, -0.2) is 86.0 Å². The summed E-state index contributed by atoms with van der Waals surface area (Å²) in [5.41, 5.74) is 22.0. The Morgan fingerprint density at radius 1 is 0.542 bits per heavy atom. The van der Waals surface area contributed by atoms with Gasteiger partial charge in [0.2, 0.25) is 5.91 Å². The summed E-state index contributed by atoms with van der Waals surface area (Å²) in [6, 6.07) is 24.0. The van der Waals surface area contributed by atoms with Crippen LogP contribution in [0.5, 0.6) is 0 Å². The van der Waals surface area contributed by atoms with E-state index in [-0.39, 0.29) is 54.0 Å². The van der Waals surface area contributed by atoms with Gasteiger partial charge in [-0.05, 0) is 285 Å². The lowest BCUT2D eigenvalue weighted by molar-refractivity contribution is -0.193. The van der Waals surface area contributed by atoms with Crippen molar-refractivity contribution in [1.29, 1.82) is 0 Å². The van der Waals surface area contributed by atoms with Crippen molar-refractivity contribution in [2.75, 3.05) is 26.8 Å². The molecule has 0 saturated heterocycles. The minimum Gasteiger partial charge on any atom is -0.381 e. The number of rotatable bonds is 7. The predicted octanol–water partition coefficient (Wildman–Crippen LogP) is 25.0. The monoisotopic (exact) mass is 1500 g/mol. The molecule has 0 saturated carbocycles. The highest BCUT2D eigenvalue weighted by atomic mass is 19.3. The second-order valence-electron chi connectivity index (χ2n) is 30.8. The van der Waals surface area contributed by atoms with E-state index < -0.39 is 23.7 Å². The fourth-order valence-corrected chi connectivity index (χ4v) is 15.1. The zero-order valence-corrected chi connectivity index (χ0v) is 69.4. The van der Waals surface area contributed by atoms with Gasteiger partial charge < -0.3 is 14.4 Å². The molecule has 107 heavy (non-hydrogen) atoms. The molecule has 3 aromatic rings. The number of amides is 1. The number of benzene rings is 3. The van der Waals surface area contributed by atoms with Crippen LogP contribution in [0.1, 0.15) is 305 Å². The van der Waals surface area contributed by atoms with Crippen LogP contribution < -0.4 is 0 Å². The third-order valence-electron chi connectivity index (χ3n) is 23.6.